The third-order valence-corrected chi connectivity index (χ3v) is 5.19. The molecule has 1 atom stereocenters. The highest BCUT2D eigenvalue weighted by Gasteiger charge is 2.08. The first-order valence-corrected chi connectivity index (χ1v) is 7.96. The van der Waals surface area contributed by atoms with Gasteiger partial charge in [-0.15, -0.1) is 0 Å². The standard InChI is InChI=1S/C15H14Br2ClN/c1-10(12-4-2-3-5-15(12)18)19-9-11-6-7-13(16)14(17)8-11/h2-8,10,19H,9H2,1H3/t10-/m1/s1. The molecule has 0 radical (unpaired) electrons. The molecule has 100 valence electrons. The Morgan fingerprint density at radius 3 is 2.53 bits per heavy atom. The van der Waals surface area contributed by atoms with E-state index in [9.17, 15) is 0 Å². The molecule has 0 aromatic heterocycles. The summed E-state index contributed by atoms with van der Waals surface area (Å²) in [6, 6.07) is 14.4. The fourth-order valence-electron chi connectivity index (χ4n) is 1.86. The average molecular weight is 404 g/mol. The lowest BCUT2D eigenvalue weighted by Gasteiger charge is -2.16. The van der Waals surface area contributed by atoms with Gasteiger partial charge in [-0.05, 0) is 68.1 Å². The van der Waals surface area contributed by atoms with E-state index in [0.717, 1.165) is 26.1 Å². The summed E-state index contributed by atoms with van der Waals surface area (Å²) in [6.07, 6.45) is 0. The molecule has 0 saturated carbocycles. The highest BCUT2D eigenvalue weighted by molar-refractivity contribution is 9.13. The van der Waals surface area contributed by atoms with Crippen LogP contribution in [0.25, 0.3) is 0 Å². The van der Waals surface area contributed by atoms with Crippen LogP contribution in [0.3, 0.4) is 0 Å². The fraction of sp³-hybridized carbons (Fsp3) is 0.200. The molecule has 0 spiro atoms. The van der Waals surface area contributed by atoms with E-state index in [2.05, 4.69) is 62.3 Å². The molecular formula is C15H14Br2ClN. The van der Waals surface area contributed by atoms with E-state index in [4.69, 9.17) is 11.6 Å². The van der Waals surface area contributed by atoms with Crippen molar-refractivity contribution < 1.29 is 0 Å². The second kappa shape index (κ2) is 6.89. The highest BCUT2D eigenvalue weighted by Crippen LogP contribution is 2.25. The predicted octanol–water partition coefficient (Wildman–Crippen LogP) is 5.72. The van der Waals surface area contributed by atoms with Crippen LogP contribution in [0.2, 0.25) is 5.02 Å². The molecule has 2 aromatic rings. The first-order chi connectivity index (χ1) is 9.08. The SMILES string of the molecule is C[C@@H](NCc1ccc(Br)c(Br)c1)c1ccccc1Cl. The van der Waals surface area contributed by atoms with Crippen LogP contribution in [0, 0.1) is 0 Å². The minimum atomic E-state index is 0.219. The maximum absolute atomic E-state index is 6.19. The van der Waals surface area contributed by atoms with Gasteiger partial charge in [-0.2, -0.15) is 0 Å². The maximum atomic E-state index is 6.19. The maximum Gasteiger partial charge on any atom is 0.0453 e. The monoisotopic (exact) mass is 401 g/mol. The number of benzene rings is 2. The summed E-state index contributed by atoms with van der Waals surface area (Å²) >= 11 is 13.2. The minimum absolute atomic E-state index is 0.219. The van der Waals surface area contributed by atoms with Gasteiger partial charge in [0.1, 0.15) is 0 Å². The van der Waals surface area contributed by atoms with Gasteiger partial charge in [-0.1, -0.05) is 35.9 Å². The van der Waals surface area contributed by atoms with Gasteiger partial charge in [0.25, 0.3) is 0 Å². The van der Waals surface area contributed by atoms with Gasteiger partial charge in [-0.25, -0.2) is 0 Å². The van der Waals surface area contributed by atoms with Gasteiger partial charge in [0.15, 0.2) is 0 Å². The van der Waals surface area contributed by atoms with Crippen LogP contribution in [0.15, 0.2) is 51.4 Å². The van der Waals surface area contributed by atoms with Crippen molar-refractivity contribution in [1.29, 1.82) is 0 Å². The van der Waals surface area contributed by atoms with E-state index < -0.39 is 0 Å². The molecule has 2 rings (SSSR count). The number of nitrogens with one attached hydrogen (secondary N) is 1. The molecule has 1 nitrogen and oxygen atoms in total. The second-order valence-corrected chi connectivity index (χ2v) is 6.49. The summed E-state index contributed by atoms with van der Waals surface area (Å²) in [5.41, 5.74) is 2.36. The van der Waals surface area contributed by atoms with Crippen molar-refractivity contribution in [3.8, 4) is 0 Å². The Kier molecular flexibility index (Phi) is 5.46. The van der Waals surface area contributed by atoms with Crippen LogP contribution in [0.5, 0.6) is 0 Å². The molecule has 0 aliphatic heterocycles. The van der Waals surface area contributed by atoms with E-state index in [-0.39, 0.29) is 6.04 Å². The summed E-state index contributed by atoms with van der Waals surface area (Å²) in [4.78, 5) is 0. The Labute approximate surface area is 135 Å². The minimum Gasteiger partial charge on any atom is -0.306 e. The summed E-state index contributed by atoms with van der Waals surface area (Å²) in [6.45, 7) is 2.92. The van der Waals surface area contributed by atoms with E-state index in [1.165, 1.54) is 5.56 Å². The van der Waals surface area contributed by atoms with Crippen LogP contribution in [0.4, 0.5) is 0 Å². The predicted molar refractivity (Wildman–Crippen MR) is 88.5 cm³/mol. The van der Waals surface area contributed by atoms with E-state index >= 15 is 0 Å². The quantitative estimate of drug-likeness (QED) is 0.689. The average Bonchev–Trinajstić information content (AvgIpc) is 2.40. The number of hydrogen-bond acceptors (Lipinski definition) is 1. The first kappa shape index (κ1) is 15.0. The zero-order valence-electron chi connectivity index (χ0n) is 10.5. The van der Waals surface area contributed by atoms with Gasteiger partial charge in [0.2, 0.25) is 0 Å². The van der Waals surface area contributed by atoms with Crippen molar-refractivity contribution >= 4 is 43.5 Å². The van der Waals surface area contributed by atoms with E-state index in [0.29, 0.717) is 0 Å². The molecule has 0 aliphatic rings. The zero-order chi connectivity index (χ0) is 13.8. The molecule has 0 aliphatic carbocycles. The summed E-state index contributed by atoms with van der Waals surface area (Å²) < 4.78 is 2.13. The first-order valence-electron chi connectivity index (χ1n) is 5.99. The Morgan fingerprint density at radius 1 is 1.11 bits per heavy atom. The Balaban J connectivity index is 2.02. The molecule has 0 bridgehead atoms. The lowest BCUT2D eigenvalue weighted by Crippen LogP contribution is -2.18. The van der Waals surface area contributed by atoms with Crippen molar-refractivity contribution in [1.82, 2.24) is 5.32 Å². The number of hydrogen-bond donors (Lipinski definition) is 1. The van der Waals surface area contributed by atoms with Gasteiger partial charge in [0.05, 0.1) is 0 Å². The van der Waals surface area contributed by atoms with Gasteiger partial charge < -0.3 is 5.32 Å². The Morgan fingerprint density at radius 2 is 1.84 bits per heavy atom. The van der Waals surface area contributed by atoms with Crippen molar-refractivity contribution in [3.05, 3.63) is 67.6 Å². The Hall–Kier alpha value is -0.350. The lowest BCUT2D eigenvalue weighted by atomic mass is 10.1. The summed E-state index contributed by atoms with van der Waals surface area (Å²) in [5, 5.41) is 4.29. The van der Waals surface area contributed by atoms with Crippen LogP contribution in [-0.4, -0.2) is 0 Å². The molecule has 2 aromatic carbocycles. The highest BCUT2D eigenvalue weighted by atomic mass is 79.9. The molecule has 0 saturated heterocycles. The molecule has 0 heterocycles. The summed E-state index contributed by atoms with van der Waals surface area (Å²) in [5.74, 6) is 0. The fourth-order valence-corrected chi connectivity index (χ4v) is 2.83. The van der Waals surface area contributed by atoms with Crippen molar-refractivity contribution in [2.75, 3.05) is 0 Å². The van der Waals surface area contributed by atoms with Crippen LogP contribution in [0.1, 0.15) is 24.1 Å². The number of halogens is 3. The molecular weight excluding hydrogens is 389 g/mol. The topological polar surface area (TPSA) is 12.0 Å². The molecule has 0 fully saturated rings. The second-order valence-electron chi connectivity index (χ2n) is 4.37. The van der Waals surface area contributed by atoms with Gasteiger partial charge in [-0.3, -0.25) is 0 Å². The van der Waals surface area contributed by atoms with Crippen LogP contribution in [-0.2, 0) is 6.54 Å². The largest absolute Gasteiger partial charge is 0.306 e. The van der Waals surface area contributed by atoms with Gasteiger partial charge in [0, 0.05) is 26.6 Å². The summed E-state index contributed by atoms with van der Waals surface area (Å²) in [7, 11) is 0. The Bertz CT molecular complexity index is 572. The number of rotatable bonds is 4. The molecule has 19 heavy (non-hydrogen) atoms. The smallest absolute Gasteiger partial charge is 0.0453 e. The van der Waals surface area contributed by atoms with Crippen LogP contribution < -0.4 is 5.32 Å². The zero-order valence-corrected chi connectivity index (χ0v) is 14.4. The molecule has 0 unspecified atom stereocenters. The molecule has 0 amide bonds. The van der Waals surface area contributed by atoms with Gasteiger partial charge >= 0.3 is 0 Å². The van der Waals surface area contributed by atoms with Crippen molar-refractivity contribution in [2.45, 2.75) is 19.5 Å². The molecule has 1 N–H and O–H groups in total. The van der Waals surface area contributed by atoms with E-state index in [1.807, 2.05) is 24.3 Å². The normalized spacial score (nSPS) is 12.4. The van der Waals surface area contributed by atoms with E-state index in [1.54, 1.807) is 0 Å². The third-order valence-electron chi connectivity index (χ3n) is 2.97. The van der Waals surface area contributed by atoms with Crippen molar-refractivity contribution in [2.24, 2.45) is 0 Å². The lowest BCUT2D eigenvalue weighted by molar-refractivity contribution is 0.575. The third kappa shape index (κ3) is 4.06. The van der Waals surface area contributed by atoms with Crippen molar-refractivity contribution in [3.63, 3.8) is 0 Å². The van der Waals surface area contributed by atoms with Crippen LogP contribution >= 0.6 is 43.5 Å². The molecule has 4 heteroatoms.